The van der Waals surface area contributed by atoms with Gasteiger partial charge in [-0.15, -0.1) is 11.3 Å². The van der Waals surface area contributed by atoms with Gasteiger partial charge in [0.2, 0.25) is 0 Å². The summed E-state index contributed by atoms with van der Waals surface area (Å²) in [7, 11) is 0. The van der Waals surface area contributed by atoms with Gasteiger partial charge < -0.3 is 4.42 Å². The molecule has 3 aromatic heterocycles. The number of thiophene rings is 1. The zero-order chi connectivity index (χ0) is 48.3. The highest BCUT2D eigenvalue weighted by atomic mass is 32.1. The number of rotatable bonds is 19. The van der Waals surface area contributed by atoms with Gasteiger partial charge >= 0.3 is 0 Å². The Morgan fingerprint density at radius 1 is 0.451 bits per heavy atom. The molecule has 0 atom stereocenters. The molecule has 3 heterocycles. The standard InChI is InChI=1S/C67H66N2OS/c1-5-7-9-11-13-17-37-67(38-18-14-12-10-8-6-2)58-39-46(4)23-34-52(58)53-35-32-50(41-59(53)67)61-43-60(49-30-28-48(29-31-49)27-26-47-24-21-45(3)22-25-47)68-66(69-61)51-33-36-64-56(40-51)57-42-55-54-19-15-16-20-62(54)70-63(55)44-65(57)71-64/h15-16,19-36,39-44H,5-14,17-18,37-38H2,1-4H3/b27-26+. The van der Waals surface area contributed by atoms with Crippen LogP contribution in [0.5, 0.6) is 0 Å². The third-order valence-corrected chi connectivity index (χ3v) is 16.6. The summed E-state index contributed by atoms with van der Waals surface area (Å²) in [6, 6.07) is 54.0. The summed E-state index contributed by atoms with van der Waals surface area (Å²) in [5.74, 6) is 0.738. The van der Waals surface area contributed by atoms with Crippen LogP contribution in [0.15, 0.2) is 150 Å². The molecule has 1 aliphatic carbocycles. The molecule has 0 radical (unpaired) electrons. The number of benzene rings is 7. The van der Waals surface area contributed by atoms with Crippen molar-refractivity contribution in [3.8, 4) is 45.0 Å². The van der Waals surface area contributed by atoms with E-state index in [9.17, 15) is 0 Å². The largest absolute Gasteiger partial charge is 0.456 e. The molecule has 0 amide bonds. The third kappa shape index (κ3) is 9.52. The first-order valence-corrected chi connectivity index (χ1v) is 27.5. The Morgan fingerprint density at radius 3 is 1.75 bits per heavy atom. The van der Waals surface area contributed by atoms with Gasteiger partial charge in [-0.3, -0.25) is 0 Å². The van der Waals surface area contributed by atoms with Gasteiger partial charge in [-0.25, -0.2) is 9.97 Å². The Morgan fingerprint density at radius 2 is 1.03 bits per heavy atom. The molecule has 11 rings (SSSR count). The monoisotopic (exact) mass is 946 g/mol. The van der Waals surface area contributed by atoms with Crippen molar-refractivity contribution in [2.24, 2.45) is 0 Å². The lowest BCUT2D eigenvalue weighted by Crippen LogP contribution is -2.25. The maximum atomic E-state index is 6.33. The molecule has 4 heteroatoms. The minimum Gasteiger partial charge on any atom is -0.456 e. The Bertz CT molecular complexity index is 3520. The number of hydrogen-bond acceptors (Lipinski definition) is 4. The fourth-order valence-electron chi connectivity index (χ4n) is 11.5. The fourth-order valence-corrected chi connectivity index (χ4v) is 12.6. The van der Waals surface area contributed by atoms with Gasteiger partial charge in [-0.1, -0.05) is 211 Å². The van der Waals surface area contributed by atoms with Gasteiger partial charge in [0.1, 0.15) is 11.2 Å². The number of fused-ring (bicyclic) bond motifs is 9. The summed E-state index contributed by atoms with van der Waals surface area (Å²) in [4.78, 5) is 11.0. The van der Waals surface area contributed by atoms with Crippen LogP contribution in [0.2, 0.25) is 0 Å². The van der Waals surface area contributed by atoms with Gasteiger partial charge in [0.05, 0.1) is 11.4 Å². The van der Waals surface area contributed by atoms with Crippen LogP contribution in [-0.4, -0.2) is 9.97 Å². The quantitative estimate of drug-likeness (QED) is 0.0599. The molecule has 356 valence electrons. The van der Waals surface area contributed by atoms with Crippen LogP contribution in [-0.2, 0) is 5.41 Å². The van der Waals surface area contributed by atoms with E-state index < -0.39 is 0 Å². The molecule has 0 saturated carbocycles. The van der Waals surface area contributed by atoms with Crippen molar-refractivity contribution in [3.05, 3.63) is 179 Å². The Hall–Kier alpha value is -6.62. The molecule has 0 spiro atoms. The van der Waals surface area contributed by atoms with Crippen LogP contribution < -0.4 is 0 Å². The van der Waals surface area contributed by atoms with E-state index in [1.165, 1.54) is 143 Å². The predicted octanol–water partition coefficient (Wildman–Crippen LogP) is 20.3. The minimum atomic E-state index is -0.0282. The maximum Gasteiger partial charge on any atom is 0.160 e. The van der Waals surface area contributed by atoms with Crippen molar-refractivity contribution in [2.75, 3.05) is 0 Å². The number of nitrogens with zero attached hydrogens (tertiary/aromatic N) is 2. The van der Waals surface area contributed by atoms with Crippen molar-refractivity contribution in [3.63, 3.8) is 0 Å². The second-order valence-corrected chi connectivity index (χ2v) is 21.6. The van der Waals surface area contributed by atoms with E-state index >= 15 is 0 Å². The van der Waals surface area contributed by atoms with Crippen LogP contribution in [0.25, 0.3) is 99.3 Å². The molecule has 71 heavy (non-hydrogen) atoms. The van der Waals surface area contributed by atoms with E-state index in [0.29, 0.717) is 0 Å². The highest BCUT2D eigenvalue weighted by molar-refractivity contribution is 7.25. The molecule has 7 aromatic carbocycles. The van der Waals surface area contributed by atoms with Gasteiger partial charge in [-0.05, 0) is 109 Å². The van der Waals surface area contributed by atoms with E-state index in [1.807, 2.05) is 17.4 Å². The van der Waals surface area contributed by atoms with Gasteiger partial charge in [0.15, 0.2) is 5.82 Å². The van der Waals surface area contributed by atoms with Gasteiger partial charge in [0.25, 0.3) is 0 Å². The second kappa shape index (κ2) is 20.6. The molecular weight excluding hydrogens is 881 g/mol. The lowest BCUT2D eigenvalue weighted by atomic mass is 9.70. The fraction of sp³-hybridized carbons (Fsp3) is 0.284. The number of hydrogen-bond donors (Lipinski definition) is 0. The molecule has 0 fully saturated rings. The zero-order valence-corrected chi connectivity index (χ0v) is 42.9. The van der Waals surface area contributed by atoms with Crippen LogP contribution in [0.3, 0.4) is 0 Å². The summed E-state index contributed by atoms with van der Waals surface area (Å²) in [6.45, 7) is 9.04. The average Bonchev–Trinajstić information content (AvgIpc) is 4.04. The first kappa shape index (κ1) is 46.7. The molecule has 10 aromatic rings. The Kier molecular flexibility index (Phi) is 13.6. The first-order chi connectivity index (χ1) is 34.9. The summed E-state index contributed by atoms with van der Waals surface area (Å²) >= 11 is 1.82. The Balaban J connectivity index is 1.02. The number of para-hydroxylation sites is 1. The summed E-state index contributed by atoms with van der Waals surface area (Å²) in [6.07, 6.45) is 22.4. The summed E-state index contributed by atoms with van der Waals surface area (Å²) in [5.41, 5.74) is 17.8. The highest BCUT2D eigenvalue weighted by Gasteiger charge is 2.42. The lowest BCUT2D eigenvalue weighted by Gasteiger charge is -2.33. The van der Waals surface area contributed by atoms with Crippen LogP contribution in [0.4, 0.5) is 0 Å². The smallest absolute Gasteiger partial charge is 0.160 e. The second-order valence-electron chi connectivity index (χ2n) is 20.5. The summed E-state index contributed by atoms with van der Waals surface area (Å²) in [5, 5.41) is 4.74. The van der Waals surface area contributed by atoms with E-state index in [-0.39, 0.29) is 5.41 Å². The minimum absolute atomic E-state index is 0.0282. The van der Waals surface area contributed by atoms with Crippen molar-refractivity contribution >= 4 is 65.6 Å². The molecule has 0 N–H and O–H groups in total. The van der Waals surface area contributed by atoms with Crippen molar-refractivity contribution in [1.29, 1.82) is 0 Å². The van der Waals surface area contributed by atoms with Crippen molar-refractivity contribution in [1.82, 2.24) is 9.97 Å². The number of aryl methyl sites for hydroxylation is 2. The van der Waals surface area contributed by atoms with Gasteiger partial charge in [-0.2, -0.15) is 0 Å². The molecule has 0 bridgehead atoms. The first-order valence-electron chi connectivity index (χ1n) is 26.7. The van der Waals surface area contributed by atoms with Crippen molar-refractivity contribution < 1.29 is 4.42 Å². The van der Waals surface area contributed by atoms with E-state index in [4.69, 9.17) is 14.4 Å². The number of aromatic nitrogens is 2. The third-order valence-electron chi connectivity index (χ3n) is 15.4. The van der Waals surface area contributed by atoms with E-state index in [2.05, 4.69) is 179 Å². The zero-order valence-electron chi connectivity index (χ0n) is 42.1. The maximum absolute atomic E-state index is 6.33. The molecule has 1 aliphatic rings. The molecule has 0 saturated heterocycles. The lowest BCUT2D eigenvalue weighted by molar-refractivity contribution is 0.398. The molecule has 0 aliphatic heterocycles. The van der Waals surface area contributed by atoms with Crippen molar-refractivity contribution in [2.45, 2.75) is 123 Å². The van der Waals surface area contributed by atoms with Crippen LogP contribution >= 0.6 is 11.3 Å². The van der Waals surface area contributed by atoms with Crippen LogP contribution in [0, 0.1) is 13.8 Å². The molecule has 0 unspecified atom stereocenters. The Labute approximate surface area is 424 Å². The number of unbranched alkanes of at least 4 members (excludes halogenated alkanes) is 10. The molecular formula is C67H66N2OS. The SMILES string of the molecule is CCCCCCCCC1(CCCCCCCC)c2cc(C)ccc2-c2ccc(-c3cc(-c4ccc(/C=C/c5ccc(C)cc5)cc4)nc(-c4ccc5sc6cc7oc8ccccc8c7cc6c5c4)n3)cc21. The molecule has 3 nitrogen and oxygen atoms in total. The average molecular weight is 947 g/mol. The topological polar surface area (TPSA) is 38.9 Å². The van der Waals surface area contributed by atoms with Crippen LogP contribution in [0.1, 0.15) is 137 Å². The number of furan rings is 1. The van der Waals surface area contributed by atoms with E-state index in [1.54, 1.807) is 5.56 Å². The predicted molar refractivity (Wildman–Crippen MR) is 306 cm³/mol. The van der Waals surface area contributed by atoms with Gasteiger partial charge in [0, 0.05) is 53.1 Å². The van der Waals surface area contributed by atoms with E-state index in [0.717, 1.165) is 61.4 Å². The highest BCUT2D eigenvalue weighted by Crippen LogP contribution is 2.55. The summed E-state index contributed by atoms with van der Waals surface area (Å²) < 4.78 is 8.79. The normalized spacial score (nSPS) is 13.1.